The number of aryl methyl sites for hydroxylation is 1. The number of hydrogen-bond acceptors (Lipinski definition) is 5. The number of nitrogen functional groups attached to an aromatic ring is 1. The minimum absolute atomic E-state index is 0.0593. The number of nitrogens with one attached hydrogen (secondary N) is 1. The second-order valence-electron chi connectivity index (χ2n) is 5.18. The molecule has 1 aromatic carbocycles. The van der Waals surface area contributed by atoms with E-state index in [9.17, 15) is 9.59 Å². The van der Waals surface area contributed by atoms with E-state index >= 15 is 0 Å². The predicted octanol–water partition coefficient (Wildman–Crippen LogP) is 2.37. The summed E-state index contributed by atoms with van der Waals surface area (Å²) in [5, 5.41) is 12.0. The summed E-state index contributed by atoms with van der Waals surface area (Å²) in [6.45, 7) is 3.62. The molecule has 0 bridgehead atoms. The van der Waals surface area contributed by atoms with Gasteiger partial charge in [0.05, 0.1) is 18.4 Å². The Morgan fingerprint density at radius 1 is 1.42 bits per heavy atom. The fourth-order valence-electron chi connectivity index (χ4n) is 2.25. The molecule has 24 heavy (non-hydrogen) atoms. The number of ether oxygens (including phenoxy) is 1. The number of carbonyl (C=O) groups excluding carboxylic acids is 2. The number of benzene rings is 1. The van der Waals surface area contributed by atoms with Crippen molar-refractivity contribution in [1.29, 1.82) is 5.26 Å². The van der Waals surface area contributed by atoms with Gasteiger partial charge in [0.2, 0.25) is 5.91 Å². The van der Waals surface area contributed by atoms with E-state index in [-0.39, 0.29) is 22.9 Å². The fraction of sp³-hybridized carbons (Fsp3) is 0.235. The second-order valence-corrected chi connectivity index (χ2v) is 5.18. The maximum absolute atomic E-state index is 12.0. The average molecular weight is 326 g/mol. The van der Waals surface area contributed by atoms with Gasteiger partial charge in [-0.25, -0.2) is 4.79 Å². The van der Waals surface area contributed by atoms with Crippen LogP contribution in [0, 0.1) is 18.3 Å². The summed E-state index contributed by atoms with van der Waals surface area (Å²) in [5.74, 6) is -0.762. The molecule has 0 saturated heterocycles. The van der Waals surface area contributed by atoms with Gasteiger partial charge in [-0.15, -0.1) is 0 Å². The van der Waals surface area contributed by atoms with Crippen LogP contribution in [0.5, 0.6) is 0 Å². The van der Waals surface area contributed by atoms with E-state index in [2.05, 4.69) is 5.32 Å². The van der Waals surface area contributed by atoms with Crippen LogP contribution in [0.25, 0.3) is 5.69 Å². The van der Waals surface area contributed by atoms with Crippen LogP contribution in [-0.4, -0.2) is 23.6 Å². The summed E-state index contributed by atoms with van der Waals surface area (Å²) in [7, 11) is 1.24. The van der Waals surface area contributed by atoms with Crippen LogP contribution in [0.2, 0.25) is 0 Å². The van der Waals surface area contributed by atoms with E-state index in [1.54, 1.807) is 19.1 Å². The summed E-state index contributed by atoms with van der Waals surface area (Å²) in [5.41, 5.74) is 8.28. The van der Waals surface area contributed by atoms with E-state index in [1.807, 2.05) is 19.1 Å². The lowest BCUT2D eigenvalue weighted by molar-refractivity contribution is -0.115. The van der Waals surface area contributed by atoms with Crippen LogP contribution < -0.4 is 11.1 Å². The highest BCUT2D eigenvalue weighted by Crippen LogP contribution is 2.27. The van der Waals surface area contributed by atoms with Crippen molar-refractivity contribution in [2.45, 2.75) is 20.3 Å². The zero-order valence-corrected chi connectivity index (χ0v) is 13.7. The van der Waals surface area contributed by atoms with Gasteiger partial charge in [-0.2, -0.15) is 5.26 Å². The highest BCUT2D eigenvalue weighted by molar-refractivity contribution is 5.96. The Hall–Kier alpha value is -3.27. The van der Waals surface area contributed by atoms with Crippen LogP contribution in [0.3, 0.4) is 0 Å². The number of carbonyl (C=O) groups is 2. The average Bonchev–Trinajstić information content (AvgIpc) is 2.92. The summed E-state index contributed by atoms with van der Waals surface area (Å²) in [6, 6.07) is 7.24. The van der Waals surface area contributed by atoms with Crippen LogP contribution in [-0.2, 0) is 9.53 Å². The number of nitriles is 1. The molecule has 0 aliphatic carbocycles. The van der Waals surface area contributed by atoms with Crippen molar-refractivity contribution in [3.63, 3.8) is 0 Å². The molecular weight excluding hydrogens is 308 g/mol. The number of anilines is 2. The fourth-order valence-corrected chi connectivity index (χ4v) is 2.25. The monoisotopic (exact) mass is 326 g/mol. The molecule has 0 unspecified atom stereocenters. The van der Waals surface area contributed by atoms with Gasteiger partial charge in [-0.1, -0.05) is 13.0 Å². The molecule has 2 rings (SSSR count). The maximum atomic E-state index is 12.0. The maximum Gasteiger partial charge on any atom is 0.357 e. The van der Waals surface area contributed by atoms with E-state index in [0.29, 0.717) is 17.8 Å². The standard InChI is InChI=1S/C17H18N4O3/c1-4-14(22)20-13-7-12(6-5-10(13)2)21-9-11(8-18)15(19)16(21)17(23)24-3/h5-7,9H,4,19H2,1-3H3,(H,20,22). The Labute approximate surface area is 139 Å². The van der Waals surface area contributed by atoms with Gasteiger partial charge in [0.1, 0.15) is 6.07 Å². The number of methoxy groups -OCH3 is 1. The van der Waals surface area contributed by atoms with Gasteiger partial charge in [-0.05, 0) is 24.6 Å². The lowest BCUT2D eigenvalue weighted by Gasteiger charge is -2.13. The number of rotatable bonds is 4. The second kappa shape index (κ2) is 6.87. The lowest BCUT2D eigenvalue weighted by Crippen LogP contribution is -2.13. The quantitative estimate of drug-likeness (QED) is 0.838. The number of nitrogens with zero attached hydrogens (tertiary/aromatic N) is 2. The Kier molecular flexibility index (Phi) is 4.90. The Balaban J connectivity index is 2.60. The molecule has 0 atom stereocenters. The number of esters is 1. The first-order valence-corrected chi connectivity index (χ1v) is 7.33. The number of nitrogens with two attached hydrogens (primary N) is 1. The third kappa shape index (κ3) is 3.08. The van der Waals surface area contributed by atoms with Crippen LogP contribution in [0.4, 0.5) is 11.4 Å². The number of aromatic nitrogens is 1. The van der Waals surface area contributed by atoms with Crippen molar-refractivity contribution in [2.75, 3.05) is 18.2 Å². The van der Waals surface area contributed by atoms with Gasteiger partial charge < -0.3 is 20.4 Å². The normalized spacial score (nSPS) is 10.1. The third-order valence-corrected chi connectivity index (χ3v) is 3.64. The highest BCUT2D eigenvalue weighted by Gasteiger charge is 2.22. The molecule has 2 aromatic rings. The molecule has 0 saturated carbocycles. The van der Waals surface area contributed by atoms with Crippen LogP contribution in [0.1, 0.15) is 35.0 Å². The molecule has 7 nitrogen and oxygen atoms in total. The smallest absolute Gasteiger partial charge is 0.357 e. The molecular formula is C17H18N4O3. The molecule has 1 aromatic heterocycles. The molecule has 0 spiro atoms. The predicted molar refractivity (Wildman–Crippen MR) is 89.9 cm³/mol. The minimum atomic E-state index is -0.645. The Bertz CT molecular complexity index is 846. The Morgan fingerprint density at radius 2 is 2.12 bits per heavy atom. The van der Waals surface area contributed by atoms with E-state index in [1.165, 1.54) is 17.9 Å². The van der Waals surface area contributed by atoms with Gasteiger partial charge in [0, 0.05) is 24.0 Å². The largest absolute Gasteiger partial charge is 0.464 e. The van der Waals surface area contributed by atoms with Crippen molar-refractivity contribution < 1.29 is 14.3 Å². The van der Waals surface area contributed by atoms with Crippen molar-refractivity contribution >= 4 is 23.3 Å². The first-order chi connectivity index (χ1) is 11.4. The molecule has 124 valence electrons. The molecule has 1 amide bonds. The molecule has 0 fully saturated rings. The van der Waals surface area contributed by atoms with Crippen molar-refractivity contribution in [3.8, 4) is 11.8 Å². The van der Waals surface area contributed by atoms with Gasteiger partial charge in [0.15, 0.2) is 5.69 Å². The summed E-state index contributed by atoms with van der Waals surface area (Å²) < 4.78 is 6.24. The zero-order valence-electron chi connectivity index (χ0n) is 13.7. The Morgan fingerprint density at radius 3 is 2.71 bits per heavy atom. The van der Waals surface area contributed by atoms with E-state index in [4.69, 9.17) is 15.7 Å². The number of amides is 1. The van der Waals surface area contributed by atoms with Crippen molar-refractivity contribution in [3.05, 3.63) is 41.2 Å². The lowest BCUT2D eigenvalue weighted by atomic mass is 10.1. The van der Waals surface area contributed by atoms with E-state index < -0.39 is 5.97 Å². The third-order valence-electron chi connectivity index (χ3n) is 3.64. The molecule has 0 radical (unpaired) electrons. The minimum Gasteiger partial charge on any atom is -0.464 e. The van der Waals surface area contributed by atoms with Crippen molar-refractivity contribution in [1.82, 2.24) is 4.57 Å². The van der Waals surface area contributed by atoms with Crippen LogP contribution in [0.15, 0.2) is 24.4 Å². The molecule has 1 heterocycles. The van der Waals surface area contributed by atoms with Gasteiger partial charge in [0.25, 0.3) is 0 Å². The van der Waals surface area contributed by atoms with E-state index in [0.717, 1.165) is 5.56 Å². The molecule has 0 aliphatic heterocycles. The SMILES string of the molecule is CCC(=O)Nc1cc(-n2cc(C#N)c(N)c2C(=O)OC)ccc1C. The summed E-state index contributed by atoms with van der Waals surface area (Å²) in [4.78, 5) is 23.7. The van der Waals surface area contributed by atoms with Gasteiger partial charge >= 0.3 is 5.97 Å². The molecule has 3 N–H and O–H groups in total. The highest BCUT2D eigenvalue weighted by atomic mass is 16.5. The molecule has 0 aliphatic rings. The first-order valence-electron chi connectivity index (χ1n) is 7.33. The van der Waals surface area contributed by atoms with Crippen molar-refractivity contribution in [2.24, 2.45) is 0 Å². The summed E-state index contributed by atoms with van der Waals surface area (Å²) in [6.07, 6.45) is 1.82. The molecule has 7 heteroatoms. The summed E-state index contributed by atoms with van der Waals surface area (Å²) >= 11 is 0. The topological polar surface area (TPSA) is 110 Å². The van der Waals surface area contributed by atoms with Gasteiger partial charge in [-0.3, -0.25) is 4.79 Å². The zero-order chi connectivity index (χ0) is 17.9. The first kappa shape index (κ1) is 17.1. The van der Waals surface area contributed by atoms with Crippen LogP contribution >= 0.6 is 0 Å². The number of hydrogen-bond donors (Lipinski definition) is 2.